The molecule has 4 heteroatoms. The Bertz CT molecular complexity index is 336. The summed E-state index contributed by atoms with van der Waals surface area (Å²) in [5.41, 5.74) is 0.223. The van der Waals surface area contributed by atoms with Gasteiger partial charge in [-0.2, -0.15) is 0 Å². The van der Waals surface area contributed by atoms with Gasteiger partial charge in [-0.3, -0.25) is 0 Å². The van der Waals surface area contributed by atoms with E-state index in [1.807, 2.05) is 13.8 Å². The summed E-state index contributed by atoms with van der Waals surface area (Å²) in [6, 6.07) is 3.43. The van der Waals surface area contributed by atoms with Crippen molar-refractivity contribution in [2.45, 2.75) is 13.8 Å². The van der Waals surface area contributed by atoms with Crippen molar-refractivity contribution in [2.75, 3.05) is 13.7 Å². The van der Waals surface area contributed by atoms with E-state index in [4.69, 9.17) is 4.74 Å². The molecule has 0 bridgehead atoms. The number of carbonyl (C=O) groups excluding carboxylic acids is 1. The highest BCUT2D eigenvalue weighted by molar-refractivity contribution is 5.90. The molecule has 0 amide bonds. The Morgan fingerprint density at radius 2 is 2.27 bits per heavy atom. The molecule has 0 fully saturated rings. The van der Waals surface area contributed by atoms with Crippen LogP contribution in [-0.4, -0.2) is 24.7 Å². The molecule has 0 aromatic carbocycles. The van der Waals surface area contributed by atoms with E-state index in [1.54, 1.807) is 12.1 Å². The zero-order valence-corrected chi connectivity index (χ0v) is 9.19. The Hall–Kier alpha value is -1.58. The fourth-order valence-corrected chi connectivity index (χ4v) is 1.01. The van der Waals surface area contributed by atoms with Gasteiger partial charge in [0.2, 0.25) is 0 Å². The maximum Gasteiger partial charge on any atom is 0.360 e. The summed E-state index contributed by atoms with van der Waals surface area (Å²) in [6.07, 6.45) is 1.54. The van der Waals surface area contributed by atoms with Gasteiger partial charge in [-0.25, -0.2) is 9.78 Å². The molecule has 0 aliphatic carbocycles. The van der Waals surface area contributed by atoms with E-state index in [1.165, 1.54) is 13.3 Å². The van der Waals surface area contributed by atoms with Crippen LogP contribution in [0.1, 0.15) is 24.3 Å². The third-order valence-electron chi connectivity index (χ3n) is 1.72. The van der Waals surface area contributed by atoms with E-state index >= 15 is 0 Å². The van der Waals surface area contributed by atoms with Gasteiger partial charge in [-0.1, -0.05) is 13.8 Å². The van der Waals surface area contributed by atoms with E-state index in [9.17, 15) is 4.79 Å². The van der Waals surface area contributed by atoms with Crippen molar-refractivity contribution in [2.24, 2.45) is 5.92 Å². The van der Waals surface area contributed by atoms with Crippen LogP contribution < -0.4 is 4.74 Å². The van der Waals surface area contributed by atoms with Crippen molar-refractivity contribution in [3.05, 3.63) is 24.0 Å². The molecule has 0 unspecified atom stereocenters. The molecule has 0 saturated carbocycles. The molecule has 4 nitrogen and oxygen atoms in total. The Labute approximate surface area is 89.2 Å². The molecule has 0 aliphatic rings. The van der Waals surface area contributed by atoms with Gasteiger partial charge in [-0.15, -0.1) is 0 Å². The highest BCUT2D eigenvalue weighted by atomic mass is 16.5. The summed E-state index contributed by atoms with van der Waals surface area (Å²) in [5, 5.41) is 0. The molecular weight excluding hydrogens is 194 g/mol. The lowest BCUT2D eigenvalue weighted by molar-refractivity contribution is 0.0588. The summed E-state index contributed by atoms with van der Waals surface area (Å²) in [7, 11) is 1.32. The zero-order chi connectivity index (χ0) is 11.3. The van der Waals surface area contributed by atoms with E-state index in [0.717, 1.165) is 0 Å². The highest BCUT2D eigenvalue weighted by Gasteiger charge is 2.14. The van der Waals surface area contributed by atoms with E-state index < -0.39 is 5.97 Å². The first-order valence-corrected chi connectivity index (χ1v) is 4.81. The molecule has 82 valence electrons. The van der Waals surface area contributed by atoms with Crippen molar-refractivity contribution in [3.63, 3.8) is 0 Å². The van der Waals surface area contributed by atoms with Crippen molar-refractivity contribution in [1.82, 2.24) is 4.98 Å². The number of aromatic nitrogens is 1. The SMILES string of the molecule is COC(=O)c1ncccc1OCC(C)C. The van der Waals surface area contributed by atoms with Crippen LogP contribution in [0.2, 0.25) is 0 Å². The summed E-state index contributed by atoms with van der Waals surface area (Å²) in [6.45, 7) is 4.62. The number of pyridine rings is 1. The molecule has 1 heterocycles. The van der Waals surface area contributed by atoms with Crippen LogP contribution in [0.3, 0.4) is 0 Å². The quantitative estimate of drug-likeness (QED) is 0.710. The monoisotopic (exact) mass is 209 g/mol. The average molecular weight is 209 g/mol. The predicted molar refractivity (Wildman–Crippen MR) is 55.9 cm³/mol. The van der Waals surface area contributed by atoms with Crippen LogP contribution in [0, 0.1) is 5.92 Å². The first-order valence-electron chi connectivity index (χ1n) is 4.81. The molecule has 1 aromatic heterocycles. The van der Waals surface area contributed by atoms with E-state index in [-0.39, 0.29) is 5.69 Å². The second kappa shape index (κ2) is 5.34. The van der Waals surface area contributed by atoms with Crippen molar-refractivity contribution in [3.8, 4) is 5.75 Å². The standard InChI is InChI=1S/C11H15NO3/c1-8(2)7-15-9-5-4-6-12-10(9)11(13)14-3/h4-6,8H,7H2,1-3H3. The Kier molecular flexibility index (Phi) is 4.09. The van der Waals surface area contributed by atoms with Crippen LogP contribution >= 0.6 is 0 Å². The number of nitrogens with zero attached hydrogens (tertiary/aromatic N) is 1. The lowest BCUT2D eigenvalue weighted by Gasteiger charge is -2.10. The number of carbonyl (C=O) groups is 1. The third kappa shape index (κ3) is 3.23. The molecule has 0 aliphatic heterocycles. The molecule has 0 spiro atoms. The van der Waals surface area contributed by atoms with Gasteiger partial charge in [0.1, 0.15) is 0 Å². The zero-order valence-electron chi connectivity index (χ0n) is 9.19. The van der Waals surface area contributed by atoms with Crippen LogP contribution in [0.25, 0.3) is 0 Å². The van der Waals surface area contributed by atoms with Gasteiger partial charge in [-0.05, 0) is 18.1 Å². The van der Waals surface area contributed by atoms with Gasteiger partial charge in [0.15, 0.2) is 11.4 Å². The maximum absolute atomic E-state index is 11.3. The van der Waals surface area contributed by atoms with Crippen molar-refractivity contribution in [1.29, 1.82) is 0 Å². The molecule has 0 radical (unpaired) electrons. The molecular formula is C11H15NO3. The maximum atomic E-state index is 11.3. The summed E-state index contributed by atoms with van der Waals surface area (Å²) in [4.78, 5) is 15.2. The van der Waals surface area contributed by atoms with Gasteiger partial charge < -0.3 is 9.47 Å². The first kappa shape index (κ1) is 11.5. The lowest BCUT2D eigenvalue weighted by atomic mass is 10.2. The normalized spacial score (nSPS) is 10.1. The minimum Gasteiger partial charge on any atom is -0.491 e. The molecule has 0 saturated heterocycles. The average Bonchev–Trinajstić information content (AvgIpc) is 2.25. The molecule has 15 heavy (non-hydrogen) atoms. The minimum absolute atomic E-state index is 0.223. The summed E-state index contributed by atoms with van der Waals surface area (Å²) < 4.78 is 10.1. The Morgan fingerprint density at radius 3 is 2.87 bits per heavy atom. The fraction of sp³-hybridized carbons (Fsp3) is 0.455. The number of esters is 1. The Morgan fingerprint density at radius 1 is 1.53 bits per heavy atom. The number of rotatable bonds is 4. The van der Waals surface area contributed by atoms with Crippen LogP contribution in [0.4, 0.5) is 0 Å². The minimum atomic E-state index is -0.477. The molecule has 1 rings (SSSR count). The second-order valence-corrected chi connectivity index (χ2v) is 3.55. The van der Waals surface area contributed by atoms with Crippen molar-refractivity contribution < 1.29 is 14.3 Å². The first-order chi connectivity index (χ1) is 7.15. The Balaban J connectivity index is 2.81. The number of hydrogen-bond donors (Lipinski definition) is 0. The highest BCUT2D eigenvalue weighted by Crippen LogP contribution is 2.16. The number of methoxy groups -OCH3 is 1. The van der Waals surface area contributed by atoms with Gasteiger partial charge in [0, 0.05) is 6.20 Å². The smallest absolute Gasteiger partial charge is 0.360 e. The third-order valence-corrected chi connectivity index (χ3v) is 1.72. The molecule has 0 N–H and O–H groups in total. The van der Waals surface area contributed by atoms with E-state index in [2.05, 4.69) is 9.72 Å². The van der Waals surface area contributed by atoms with E-state index in [0.29, 0.717) is 18.3 Å². The number of ether oxygens (including phenoxy) is 2. The van der Waals surface area contributed by atoms with Crippen molar-refractivity contribution >= 4 is 5.97 Å². The van der Waals surface area contributed by atoms with Gasteiger partial charge >= 0.3 is 5.97 Å². The van der Waals surface area contributed by atoms with Crippen LogP contribution in [0.15, 0.2) is 18.3 Å². The largest absolute Gasteiger partial charge is 0.491 e. The lowest BCUT2D eigenvalue weighted by Crippen LogP contribution is -2.11. The topological polar surface area (TPSA) is 48.4 Å². The van der Waals surface area contributed by atoms with Gasteiger partial charge in [0.05, 0.1) is 13.7 Å². The van der Waals surface area contributed by atoms with Gasteiger partial charge in [0.25, 0.3) is 0 Å². The molecule has 1 aromatic rings. The molecule has 0 atom stereocenters. The fourth-order valence-electron chi connectivity index (χ4n) is 1.01. The van der Waals surface area contributed by atoms with Crippen LogP contribution in [-0.2, 0) is 4.74 Å². The number of hydrogen-bond acceptors (Lipinski definition) is 4. The second-order valence-electron chi connectivity index (χ2n) is 3.55. The predicted octanol–water partition coefficient (Wildman–Crippen LogP) is 1.90. The van der Waals surface area contributed by atoms with Crippen LogP contribution in [0.5, 0.6) is 5.75 Å². The summed E-state index contributed by atoms with van der Waals surface area (Å²) >= 11 is 0. The summed E-state index contributed by atoms with van der Waals surface area (Å²) in [5.74, 6) is 0.392.